The third-order valence-corrected chi connectivity index (χ3v) is 6.33. The van der Waals surface area contributed by atoms with Crippen molar-refractivity contribution in [3.63, 3.8) is 0 Å². The smallest absolute Gasteiger partial charge is 0.312 e. The molecule has 1 amide bonds. The lowest BCUT2D eigenvalue weighted by atomic mass is 9.54. The Labute approximate surface area is 162 Å². The van der Waals surface area contributed by atoms with Gasteiger partial charge in [0.15, 0.2) is 0 Å². The standard InChI is InChI=1S/C21H35NO5/c1-8-11-25-15-12-20(17(24)27-18(3,4)5)9-10-21(15)16(13-20)26-19(6,7)22(21)14(2)23/h15-16H,8-13H2,1-7H3/t15-,16+,20-,21+/m1/s1. The van der Waals surface area contributed by atoms with Crippen LogP contribution < -0.4 is 0 Å². The third-order valence-electron chi connectivity index (χ3n) is 6.33. The molecule has 2 bridgehead atoms. The van der Waals surface area contributed by atoms with E-state index < -0.39 is 22.3 Å². The van der Waals surface area contributed by atoms with Gasteiger partial charge in [0.05, 0.1) is 23.2 Å². The fourth-order valence-electron chi connectivity index (χ4n) is 5.56. The minimum atomic E-state index is -0.710. The van der Waals surface area contributed by atoms with Gasteiger partial charge < -0.3 is 19.1 Å². The van der Waals surface area contributed by atoms with Gasteiger partial charge in [-0.25, -0.2) is 0 Å². The van der Waals surface area contributed by atoms with E-state index in [1.807, 2.05) is 39.5 Å². The molecule has 27 heavy (non-hydrogen) atoms. The molecule has 1 heterocycles. The van der Waals surface area contributed by atoms with Gasteiger partial charge in [-0.1, -0.05) is 6.92 Å². The minimum absolute atomic E-state index is 0.000679. The molecule has 154 valence electrons. The van der Waals surface area contributed by atoms with Gasteiger partial charge in [0.25, 0.3) is 0 Å². The lowest BCUT2D eigenvalue weighted by Crippen LogP contribution is -2.71. The normalized spacial score (nSPS) is 37.2. The Morgan fingerprint density at radius 1 is 1.19 bits per heavy atom. The van der Waals surface area contributed by atoms with E-state index in [9.17, 15) is 9.59 Å². The van der Waals surface area contributed by atoms with Crippen LogP contribution in [0.2, 0.25) is 0 Å². The van der Waals surface area contributed by atoms with E-state index in [1.54, 1.807) is 6.92 Å². The zero-order chi connectivity index (χ0) is 20.3. The first-order chi connectivity index (χ1) is 12.4. The highest BCUT2D eigenvalue weighted by Gasteiger charge is 2.72. The maximum atomic E-state index is 13.2. The van der Waals surface area contributed by atoms with Crippen molar-refractivity contribution >= 4 is 11.9 Å². The Kier molecular flexibility index (Phi) is 4.92. The largest absolute Gasteiger partial charge is 0.460 e. The van der Waals surface area contributed by atoms with Gasteiger partial charge in [-0.2, -0.15) is 0 Å². The highest BCUT2D eigenvalue weighted by Crippen LogP contribution is 2.62. The molecule has 4 atom stereocenters. The number of carbonyl (C=O) groups is 2. The zero-order valence-corrected chi connectivity index (χ0v) is 17.9. The minimum Gasteiger partial charge on any atom is -0.460 e. The number of fused-ring (bicyclic) bond motifs is 2. The van der Waals surface area contributed by atoms with Gasteiger partial charge in [-0.05, 0) is 66.7 Å². The molecule has 0 radical (unpaired) electrons. The number of hydrogen-bond acceptors (Lipinski definition) is 5. The lowest BCUT2D eigenvalue weighted by Gasteiger charge is -2.59. The van der Waals surface area contributed by atoms with E-state index in [1.165, 1.54) is 0 Å². The number of nitrogens with zero attached hydrogens (tertiary/aromatic N) is 1. The Morgan fingerprint density at radius 2 is 1.85 bits per heavy atom. The first kappa shape index (κ1) is 20.6. The second kappa shape index (κ2) is 6.45. The summed E-state index contributed by atoms with van der Waals surface area (Å²) in [5.41, 5.74) is -2.33. The van der Waals surface area contributed by atoms with Crippen LogP contribution in [-0.2, 0) is 23.8 Å². The predicted octanol–water partition coefficient (Wildman–Crippen LogP) is 3.42. The molecular formula is C21H35NO5. The molecule has 3 saturated carbocycles. The summed E-state index contributed by atoms with van der Waals surface area (Å²) in [6, 6.07) is 0. The highest BCUT2D eigenvalue weighted by atomic mass is 16.6. The van der Waals surface area contributed by atoms with E-state index in [2.05, 4.69) is 6.92 Å². The van der Waals surface area contributed by atoms with E-state index in [0.29, 0.717) is 32.3 Å². The van der Waals surface area contributed by atoms with Crippen LogP contribution in [0.3, 0.4) is 0 Å². The van der Waals surface area contributed by atoms with Crippen LogP contribution in [0.5, 0.6) is 0 Å². The second-order valence-corrected chi connectivity index (χ2v) is 9.95. The monoisotopic (exact) mass is 381 g/mol. The maximum Gasteiger partial charge on any atom is 0.312 e. The molecule has 1 aliphatic heterocycles. The van der Waals surface area contributed by atoms with Crippen LogP contribution in [-0.4, -0.2) is 52.5 Å². The molecule has 0 unspecified atom stereocenters. The van der Waals surface area contributed by atoms with Gasteiger partial charge >= 0.3 is 5.97 Å². The summed E-state index contributed by atoms with van der Waals surface area (Å²) in [6.45, 7) is 13.8. The Bertz CT molecular complexity index is 625. The first-order valence-electron chi connectivity index (χ1n) is 10.2. The molecule has 4 aliphatic rings. The van der Waals surface area contributed by atoms with Gasteiger partial charge in [-0.15, -0.1) is 0 Å². The van der Waals surface area contributed by atoms with Gasteiger partial charge in [0, 0.05) is 13.5 Å². The highest BCUT2D eigenvalue weighted by molar-refractivity contribution is 5.80. The van der Waals surface area contributed by atoms with Crippen molar-refractivity contribution in [3.8, 4) is 0 Å². The second-order valence-electron chi connectivity index (χ2n) is 9.95. The summed E-state index contributed by atoms with van der Waals surface area (Å²) < 4.78 is 18.4. The number of hydrogen-bond donors (Lipinski definition) is 0. The summed E-state index contributed by atoms with van der Waals surface area (Å²) in [7, 11) is 0. The van der Waals surface area contributed by atoms with Crippen molar-refractivity contribution in [2.24, 2.45) is 5.41 Å². The quantitative estimate of drug-likeness (QED) is 0.698. The van der Waals surface area contributed by atoms with Crippen molar-refractivity contribution in [3.05, 3.63) is 0 Å². The fraction of sp³-hybridized carbons (Fsp3) is 0.905. The SMILES string of the molecule is CCCO[C@@H]1C[C@]2(C(=O)OC(C)(C)C)CC[C@@]13[C@H](C2)OC(C)(C)N3C(C)=O. The van der Waals surface area contributed by atoms with Crippen LogP contribution in [0.25, 0.3) is 0 Å². The fourth-order valence-corrected chi connectivity index (χ4v) is 5.56. The van der Waals surface area contributed by atoms with Crippen molar-refractivity contribution in [2.45, 2.75) is 110 Å². The van der Waals surface area contributed by atoms with Crippen LogP contribution in [0.4, 0.5) is 0 Å². The molecule has 3 aliphatic carbocycles. The Balaban J connectivity index is 2.00. The molecule has 0 aromatic heterocycles. The Hall–Kier alpha value is -1.14. The molecule has 1 spiro atoms. The molecular weight excluding hydrogens is 346 g/mol. The van der Waals surface area contributed by atoms with Gasteiger partial charge in [-0.3, -0.25) is 9.59 Å². The summed E-state index contributed by atoms with van der Waals surface area (Å²) in [4.78, 5) is 27.7. The molecule has 1 saturated heterocycles. The summed E-state index contributed by atoms with van der Waals surface area (Å²) in [6.07, 6.45) is 3.03. The molecule has 6 heteroatoms. The van der Waals surface area contributed by atoms with Gasteiger partial charge in [0.1, 0.15) is 11.3 Å². The Morgan fingerprint density at radius 3 is 2.41 bits per heavy atom. The van der Waals surface area contributed by atoms with Crippen LogP contribution >= 0.6 is 0 Å². The number of carbonyl (C=O) groups excluding carboxylic acids is 2. The predicted molar refractivity (Wildman–Crippen MR) is 101 cm³/mol. The maximum absolute atomic E-state index is 13.2. The van der Waals surface area contributed by atoms with Crippen LogP contribution in [0, 0.1) is 5.41 Å². The molecule has 4 fully saturated rings. The van der Waals surface area contributed by atoms with Crippen molar-refractivity contribution < 1.29 is 23.8 Å². The number of ether oxygens (including phenoxy) is 3. The number of amides is 1. The number of esters is 1. The molecule has 0 aromatic carbocycles. The van der Waals surface area contributed by atoms with E-state index in [0.717, 1.165) is 6.42 Å². The average Bonchev–Trinajstić information content (AvgIpc) is 2.76. The lowest BCUT2D eigenvalue weighted by molar-refractivity contribution is -0.203. The third kappa shape index (κ3) is 3.19. The van der Waals surface area contributed by atoms with E-state index in [4.69, 9.17) is 14.2 Å². The van der Waals surface area contributed by atoms with Crippen LogP contribution in [0.15, 0.2) is 0 Å². The summed E-state index contributed by atoms with van der Waals surface area (Å²) >= 11 is 0. The van der Waals surface area contributed by atoms with Crippen molar-refractivity contribution in [2.75, 3.05) is 6.61 Å². The molecule has 0 N–H and O–H groups in total. The molecule has 4 rings (SSSR count). The van der Waals surface area contributed by atoms with Crippen molar-refractivity contribution in [1.29, 1.82) is 0 Å². The summed E-state index contributed by atoms with van der Waals surface area (Å²) in [5, 5.41) is 0. The molecule has 0 aromatic rings. The van der Waals surface area contributed by atoms with E-state index >= 15 is 0 Å². The zero-order valence-electron chi connectivity index (χ0n) is 17.9. The van der Waals surface area contributed by atoms with E-state index in [-0.39, 0.29) is 24.1 Å². The summed E-state index contributed by atoms with van der Waals surface area (Å²) in [5.74, 6) is -0.157. The van der Waals surface area contributed by atoms with Crippen LogP contribution in [0.1, 0.15) is 80.6 Å². The first-order valence-corrected chi connectivity index (χ1v) is 10.2. The molecule has 6 nitrogen and oxygen atoms in total. The van der Waals surface area contributed by atoms with Gasteiger partial charge in [0.2, 0.25) is 5.91 Å². The average molecular weight is 382 g/mol. The number of rotatable bonds is 4. The topological polar surface area (TPSA) is 65.1 Å². The van der Waals surface area contributed by atoms with Crippen molar-refractivity contribution in [1.82, 2.24) is 4.90 Å².